The summed E-state index contributed by atoms with van der Waals surface area (Å²) in [7, 11) is 0. The van der Waals surface area contributed by atoms with Crippen LogP contribution in [-0.2, 0) is 9.63 Å². The van der Waals surface area contributed by atoms with Crippen molar-refractivity contribution < 1.29 is 9.63 Å². The molecule has 1 unspecified atom stereocenters. The SMILES string of the molecule is CC(C)CONC(=O)C(C)CN. The van der Waals surface area contributed by atoms with Gasteiger partial charge in [-0.25, -0.2) is 5.48 Å². The second-order valence-corrected chi connectivity index (χ2v) is 3.31. The van der Waals surface area contributed by atoms with Crippen molar-refractivity contribution in [2.75, 3.05) is 13.2 Å². The van der Waals surface area contributed by atoms with Gasteiger partial charge in [0, 0.05) is 12.5 Å². The van der Waals surface area contributed by atoms with Crippen molar-refractivity contribution >= 4 is 5.91 Å². The zero-order valence-electron chi connectivity index (χ0n) is 7.96. The molecule has 0 bridgehead atoms. The standard InChI is InChI=1S/C8H18N2O2/c1-6(2)5-12-10-8(11)7(3)4-9/h6-7H,4-5,9H2,1-3H3,(H,10,11). The van der Waals surface area contributed by atoms with Crippen LogP contribution in [0.25, 0.3) is 0 Å². The number of hydrogen-bond acceptors (Lipinski definition) is 3. The van der Waals surface area contributed by atoms with Gasteiger partial charge in [-0.05, 0) is 5.92 Å². The first-order valence-electron chi connectivity index (χ1n) is 4.19. The van der Waals surface area contributed by atoms with Gasteiger partial charge < -0.3 is 5.73 Å². The Morgan fingerprint density at radius 1 is 1.50 bits per heavy atom. The van der Waals surface area contributed by atoms with E-state index in [1.807, 2.05) is 13.8 Å². The molecule has 72 valence electrons. The van der Waals surface area contributed by atoms with E-state index in [4.69, 9.17) is 10.6 Å². The smallest absolute Gasteiger partial charge is 0.247 e. The van der Waals surface area contributed by atoms with Gasteiger partial charge >= 0.3 is 0 Å². The number of nitrogens with two attached hydrogens (primary N) is 1. The van der Waals surface area contributed by atoms with Crippen LogP contribution in [0.2, 0.25) is 0 Å². The third-order valence-corrected chi connectivity index (χ3v) is 1.39. The molecule has 12 heavy (non-hydrogen) atoms. The van der Waals surface area contributed by atoms with E-state index in [0.717, 1.165) is 0 Å². The topological polar surface area (TPSA) is 64.3 Å². The summed E-state index contributed by atoms with van der Waals surface area (Å²) in [6.45, 7) is 6.66. The molecular formula is C8H18N2O2. The molecule has 0 aromatic carbocycles. The average molecular weight is 174 g/mol. The first-order valence-corrected chi connectivity index (χ1v) is 4.19. The maximum absolute atomic E-state index is 11.0. The van der Waals surface area contributed by atoms with Gasteiger partial charge in [0.2, 0.25) is 5.91 Å². The largest absolute Gasteiger partial charge is 0.330 e. The fourth-order valence-electron chi connectivity index (χ4n) is 0.487. The van der Waals surface area contributed by atoms with Gasteiger partial charge in [0.25, 0.3) is 0 Å². The van der Waals surface area contributed by atoms with Crippen LogP contribution in [0, 0.1) is 11.8 Å². The second kappa shape index (κ2) is 5.97. The highest BCUT2D eigenvalue weighted by Gasteiger charge is 2.09. The normalized spacial score (nSPS) is 13.1. The predicted molar refractivity (Wildman–Crippen MR) is 47.2 cm³/mol. The van der Waals surface area contributed by atoms with Crippen molar-refractivity contribution in [1.29, 1.82) is 0 Å². The van der Waals surface area contributed by atoms with E-state index >= 15 is 0 Å². The maximum Gasteiger partial charge on any atom is 0.247 e. The molecule has 0 aliphatic heterocycles. The molecule has 0 rings (SSSR count). The molecule has 0 aliphatic rings. The minimum Gasteiger partial charge on any atom is -0.330 e. The highest BCUT2D eigenvalue weighted by molar-refractivity contribution is 5.77. The lowest BCUT2D eigenvalue weighted by molar-refractivity contribution is -0.137. The Morgan fingerprint density at radius 3 is 2.50 bits per heavy atom. The lowest BCUT2D eigenvalue weighted by Crippen LogP contribution is -2.34. The molecule has 0 spiro atoms. The molecular weight excluding hydrogens is 156 g/mol. The van der Waals surface area contributed by atoms with Crippen molar-refractivity contribution in [1.82, 2.24) is 5.48 Å². The van der Waals surface area contributed by atoms with E-state index in [9.17, 15) is 4.79 Å². The Labute approximate surface area is 73.4 Å². The zero-order valence-corrected chi connectivity index (χ0v) is 7.96. The first-order chi connectivity index (χ1) is 5.57. The Balaban J connectivity index is 3.44. The van der Waals surface area contributed by atoms with Crippen molar-refractivity contribution in [3.63, 3.8) is 0 Å². The minimum atomic E-state index is -0.183. The van der Waals surface area contributed by atoms with Crippen LogP contribution >= 0.6 is 0 Å². The summed E-state index contributed by atoms with van der Waals surface area (Å²) in [6.07, 6.45) is 0. The lowest BCUT2D eigenvalue weighted by Gasteiger charge is -2.10. The Kier molecular flexibility index (Phi) is 5.66. The van der Waals surface area contributed by atoms with E-state index < -0.39 is 0 Å². The highest BCUT2D eigenvalue weighted by Crippen LogP contribution is 1.93. The van der Waals surface area contributed by atoms with Gasteiger partial charge in [0.1, 0.15) is 0 Å². The summed E-state index contributed by atoms with van der Waals surface area (Å²) in [5, 5.41) is 0. The van der Waals surface area contributed by atoms with Crippen LogP contribution in [0.15, 0.2) is 0 Å². The molecule has 1 atom stereocenters. The summed E-state index contributed by atoms with van der Waals surface area (Å²) < 4.78 is 0. The van der Waals surface area contributed by atoms with Crippen molar-refractivity contribution in [3.8, 4) is 0 Å². The van der Waals surface area contributed by atoms with Crippen LogP contribution in [0.1, 0.15) is 20.8 Å². The molecule has 0 radical (unpaired) electrons. The molecule has 0 aromatic heterocycles. The van der Waals surface area contributed by atoms with Gasteiger partial charge in [-0.1, -0.05) is 20.8 Å². The second-order valence-electron chi connectivity index (χ2n) is 3.31. The van der Waals surface area contributed by atoms with Crippen LogP contribution in [-0.4, -0.2) is 19.1 Å². The van der Waals surface area contributed by atoms with E-state index in [-0.39, 0.29) is 11.8 Å². The lowest BCUT2D eigenvalue weighted by atomic mass is 10.2. The average Bonchev–Trinajstić information content (AvgIpc) is 2.02. The monoisotopic (exact) mass is 174 g/mol. The molecule has 0 saturated heterocycles. The van der Waals surface area contributed by atoms with Crippen molar-refractivity contribution in [3.05, 3.63) is 0 Å². The van der Waals surface area contributed by atoms with Gasteiger partial charge in [-0.3, -0.25) is 9.63 Å². The first kappa shape index (κ1) is 11.4. The zero-order chi connectivity index (χ0) is 9.56. The minimum absolute atomic E-state index is 0.154. The number of amides is 1. The number of hydroxylamine groups is 1. The van der Waals surface area contributed by atoms with E-state index in [0.29, 0.717) is 19.1 Å². The third kappa shape index (κ3) is 5.09. The van der Waals surface area contributed by atoms with Crippen molar-refractivity contribution in [2.24, 2.45) is 17.6 Å². The number of carbonyl (C=O) groups excluding carboxylic acids is 1. The van der Waals surface area contributed by atoms with Gasteiger partial charge in [0.15, 0.2) is 0 Å². The summed E-state index contributed by atoms with van der Waals surface area (Å²) in [5.41, 5.74) is 7.63. The summed E-state index contributed by atoms with van der Waals surface area (Å²) in [5.74, 6) is 0.0776. The number of hydrogen-bond donors (Lipinski definition) is 2. The molecule has 4 nitrogen and oxygen atoms in total. The third-order valence-electron chi connectivity index (χ3n) is 1.39. The van der Waals surface area contributed by atoms with E-state index in [1.54, 1.807) is 6.92 Å². The van der Waals surface area contributed by atoms with Gasteiger partial charge in [0.05, 0.1) is 6.61 Å². The summed E-state index contributed by atoms with van der Waals surface area (Å²) in [4.78, 5) is 16.0. The van der Waals surface area contributed by atoms with E-state index in [2.05, 4.69) is 5.48 Å². The molecule has 0 heterocycles. The number of rotatable bonds is 5. The number of carbonyl (C=O) groups is 1. The Bertz CT molecular complexity index is 137. The van der Waals surface area contributed by atoms with Crippen LogP contribution in [0.4, 0.5) is 0 Å². The molecule has 3 N–H and O–H groups in total. The van der Waals surface area contributed by atoms with Crippen LogP contribution in [0.3, 0.4) is 0 Å². The Morgan fingerprint density at radius 2 is 2.08 bits per heavy atom. The summed E-state index contributed by atoms with van der Waals surface area (Å²) >= 11 is 0. The van der Waals surface area contributed by atoms with Crippen LogP contribution in [0.5, 0.6) is 0 Å². The quantitative estimate of drug-likeness (QED) is 0.589. The molecule has 0 aromatic rings. The van der Waals surface area contributed by atoms with Crippen LogP contribution < -0.4 is 11.2 Å². The fraction of sp³-hybridized carbons (Fsp3) is 0.875. The fourth-order valence-corrected chi connectivity index (χ4v) is 0.487. The highest BCUT2D eigenvalue weighted by atomic mass is 16.6. The molecule has 1 amide bonds. The molecule has 4 heteroatoms. The van der Waals surface area contributed by atoms with Gasteiger partial charge in [-0.2, -0.15) is 0 Å². The maximum atomic E-state index is 11.0. The Hall–Kier alpha value is -0.610. The predicted octanol–water partition coefficient (Wildman–Crippen LogP) is 0.285. The molecule has 0 saturated carbocycles. The summed E-state index contributed by atoms with van der Waals surface area (Å²) in [6, 6.07) is 0. The molecule has 0 fully saturated rings. The molecule has 0 aliphatic carbocycles. The van der Waals surface area contributed by atoms with E-state index in [1.165, 1.54) is 0 Å². The number of nitrogens with one attached hydrogen (secondary N) is 1. The van der Waals surface area contributed by atoms with Gasteiger partial charge in [-0.15, -0.1) is 0 Å². The van der Waals surface area contributed by atoms with Crippen molar-refractivity contribution in [2.45, 2.75) is 20.8 Å².